The third-order valence-corrected chi connectivity index (χ3v) is 15.5. The van der Waals surface area contributed by atoms with Crippen LogP contribution in [0.4, 0.5) is 5.69 Å². The first kappa shape index (κ1) is 22.0. The number of phenolic OH excluding ortho intramolecular Hbond substituents is 1. The number of carbonyl (C=O) groups is 4. The van der Waals surface area contributed by atoms with Gasteiger partial charge in [0.1, 0.15) is 0 Å². The van der Waals surface area contributed by atoms with Crippen LogP contribution in [0.15, 0.2) is 6.07 Å². The van der Waals surface area contributed by atoms with Crippen molar-refractivity contribution in [3.63, 3.8) is 0 Å². The van der Waals surface area contributed by atoms with Crippen LogP contribution in [0.25, 0.3) is 0 Å². The molecule has 0 radical (unpaired) electrons. The molecule has 0 heterocycles. The molecule has 0 aliphatic rings. The number of amides is 1. The molecular weight excluding hydrogens is 707 g/mol. The van der Waals surface area contributed by atoms with Gasteiger partial charge in [0.05, 0.1) is 0 Å². The van der Waals surface area contributed by atoms with Crippen molar-refractivity contribution in [1.29, 1.82) is 0 Å². The fourth-order valence-corrected chi connectivity index (χ4v) is 10.4. The minimum absolute atomic E-state index is 0.160. The van der Waals surface area contributed by atoms with Crippen LogP contribution in [0, 0.1) is 6.92 Å². The predicted octanol–water partition coefficient (Wildman–Crippen LogP) is -0.00998. The van der Waals surface area contributed by atoms with Crippen molar-refractivity contribution in [1.82, 2.24) is 0 Å². The monoisotopic (exact) mass is 727 g/mol. The maximum absolute atomic E-state index is 12.0. The molecule has 0 bridgehead atoms. The van der Waals surface area contributed by atoms with Crippen molar-refractivity contribution in [3.05, 3.63) is 11.6 Å². The van der Waals surface area contributed by atoms with Gasteiger partial charge in [0.25, 0.3) is 0 Å². The van der Waals surface area contributed by atoms with Crippen molar-refractivity contribution < 1.29 is 79.6 Å². The van der Waals surface area contributed by atoms with Gasteiger partial charge in [-0.25, -0.2) is 0 Å². The minimum atomic E-state index is -2.39. The Bertz CT molecular complexity index is 718. The fourth-order valence-electron chi connectivity index (χ4n) is 2.11. The van der Waals surface area contributed by atoms with Gasteiger partial charge in [-0.1, -0.05) is 0 Å². The number of hydrogen-bond acceptors (Lipinski definition) is 7. The molecule has 0 spiro atoms. The van der Waals surface area contributed by atoms with Gasteiger partial charge < -0.3 is 0 Å². The number of rotatable bonds is 7. The topological polar surface area (TPSA) is 119 Å². The fraction of sp³-hybridized carbons (Fsp3) is 0.333. The number of nitrogens with one attached hydrogen (secondary N) is 1. The average Bonchev–Trinajstić information content (AvgIpc) is 2.47. The molecule has 1 rings (SSSR count). The molecule has 0 saturated heterocycles. The van der Waals surface area contributed by atoms with Gasteiger partial charge in [-0.2, -0.15) is 0 Å². The second-order valence-electron chi connectivity index (χ2n) is 5.54. The molecule has 2 N–H and O–H groups in total. The average molecular weight is 724 g/mol. The Morgan fingerprint density at radius 3 is 2.16 bits per heavy atom. The van der Waals surface area contributed by atoms with Crippen LogP contribution >= 0.6 is 0 Å². The van der Waals surface area contributed by atoms with Crippen molar-refractivity contribution >= 4 is 35.5 Å². The zero-order valence-corrected chi connectivity index (χ0v) is 25.6. The predicted molar refractivity (Wildman–Crippen MR) is 79.6 cm³/mol. The zero-order chi connectivity index (χ0) is 19.1. The van der Waals surface area contributed by atoms with E-state index in [0.717, 1.165) is 5.56 Å². The second-order valence-corrected chi connectivity index (χ2v) is 15.7. The molecule has 1 aromatic carbocycles. The van der Waals surface area contributed by atoms with Gasteiger partial charge in [-0.05, 0) is 0 Å². The molecule has 0 aliphatic carbocycles. The van der Waals surface area contributed by atoms with E-state index in [1.54, 1.807) is 13.0 Å². The van der Waals surface area contributed by atoms with Gasteiger partial charge >= 0.3 is 172 Å². The number of aryl methyl sites for hydroxylation is 1. The Labute approximate surface area is 170 Å². The molecule has 25 heavy (non-hydrogen) atoms. The van der Waals surface area contributed by atoms with E-state index in [1.165, 1.54) is 20.8 Å². The van der Waals surface area contributed by atoms with Crippen molar-refractivity contribution in [3.8, 4) is 5.75 Å². The number of carbonyl (C=O) groups excluding carboxylic acids is 4. The molecule has 1 amide bonds. The molecule has 8 nitrogen and oxygen atoms in total. The van der Waals surface area contributed by atoms with Crippen LogP contribution in [0.3, 0.4) is 0 Å². The number of benzene rings is 1. The van der Waals surface area contributed by atoms with Crippen LogP contribution in [0.5, 0.6) is 5.75 Å². The Hall–Kier alpha value is -1.03. The molecule has 0 fully saturated rings. The molecule has 0 saturated carbocycles. The molecule has 1 aromatic rings. The van der Waals surface area contributed by atoms with E-state index >= 15 is 0 Å². The molecule has 0 unspecified atom stereocenters. The number of Topliss-reactive ketones (excluding diaryl/α,β-unsaturated/α-hetero) is 1. The first-order chi connectivity index (χ1) is 11.6. The second kappa shape index (κ2) is 10.2. The number of hydrogen-bond donors (Lipinski definition) is 2. The van der Waals surface area contributed by atoms with E-state index in [0.29, 0.717) is 6.14 Å². The summed E-state index contributed by atoms with van der Waals surface area (Å²) >= 11 is -4.74. The van der Waals surface area contributed by atoms with Crippen LogP contribution < -0.4 is 11.5 Å². The van der Waals surface area contributed by atoms with E-state index in [2.05, 4.69) is 5.32 Å². The van der Waals surface area contributed by atoms with E-state index in [9.17, 15) is 24.3 Å². The third-order valence-electron chi connectivity index (χ3n) is 3.23. The van der Waals surface area contributed by atoms with Gasteiger partial charge in [-0.3, -0.25) is 0 Å². The van der Waals surface area contributed by atoms with E-state index in [1.807, 2.05) is 0 Å². The van der Waals surface area contributed by atoms with Crippen LogP contribution in [-0.4, -0.2) is 28.7 Å². The number of phenols is 1. The van der Waals surface area contributed by atoms with Crippen LogP contribution in [0.1, 0.15) is 32.8 Å². The summed E-state index contributed by atoms with van der Waals surface area (Å²) < 4.78 is 11.5. The van der Waals surface area contributed by atoms with Crippen molar-refractivity contribution in [2.45, 2.75) is 34.1 Å². The van der Waals surface area contributed by atoms with Gasteiger partial charge in [0.2, 0.25) is 0 Å². The van der Waals surface area contributed by atoms with E-state index < -0.39 is 67.9 Å². The summed E-state index contributed by atoms with van der Waals surface area (Å²) in [5, 5.41) is 13.1. The normalized spacial score (nSPS) is 9.44. The summed E-state index contributed by atoms with van der Waals surface area (Å²) in [5.41, 5.74) is 0.942. The molecule has 10 heteroatoms. The van der Waals surface area contributed by atoms with Gasteiger partial charge in [0.15, 0.2) is 0 Å². The van der Waals surface area contributed by atoms with Gasteiger partial charge in [-0.15, -0.1) is 0 Å². The summed E-state index contributed by atoms with van der Waals surface area (Å²) in [5.74, 6) is -1.85. The maximum atomic E-state index is 12.0. The molecule has 0 atom stereocenters. The number of ketones is 1. The van der Waals surface area contributed by atoms with Crippen molar-refractivity contribution in [2.24, 2.45) is 0 Å². The third kappa shape index (κ3) is 7.39. The number of anilines is 1. The Balaban J connectivity index is 3.27. The molecule has 128 valence electrons. The Morgan fingerprint density at radius 2 is 1.64 bits per heavy atom. The first-order valence-electron chi connectivity index (χ1n) is 7.52. The van der Waals surface area contributed by atoms with Crippen LogP contribution in [-0.2, 0) is 74.5 Å². The Morgan fingerprint density at radius 1 is 1.08 bits per heavy atom. The summed E-state index contributed by atoms with van der Waals surface area (Å²) in [6, 6.07) is 1.72. The summed E-state index contributed by atoms with van der Waals surface area (Å²) in [7, 11) is 0. The SMILES string of the molecule is CC(=O)CC(=O)Nc1c(O)[c]([Hg][O]C(C)=O)cc(C)[c]1[Hg][O]C(C)=O. The quantitative estimate of drug-likeness (QED) is 0.231. The zero-order valence-electron chi connectivity index (χ0n) is 14.6. The molecule has 0 aromatic heterocycles. The summed E-state index contributed by atoms with van der Waals surface area (Å²) in [6.07, 6.45) is -0.319. The molecule has 0 aliphatic heterocycles. The molecular formula is C15H17Hg2NO7. The Kier molecular flexibility index (Phi) is 8.98. The standard InChI is InChI=1S/C11H11NO3.2C2H4O2.2Hg/c1-7-3-4-10(14)9(5-7)12-11(15)6-8(2)13;2*1-2(3)4;;/h3,14H,6H2,1-2H3,(H,12,15);2*1H3,(H,3,4);;/q;;;2*+1/p-2. The van der Waals surface area contributed by atoms with Gasteiger partial charge in [0, 0.05) is 0 Å². The van der Waals surface area contributed by atoms with E-state index in [-0.39, 0.29) is 23.6 Å². The van der Waals surface area contributed by atoms with Crippen LogP contribution in [0.2, 0.25) is 0 Å². The van der Waals surface area contributed by atoms with Crippen molar-refractivity contribution in [2.75, 3.05) is 5.32 Å². The summed E-state index contributed by atoms with van der Waals surface area (Å²) in [6.45, 7) is 5.67. The summed E-state index contributed by atoms with van der Waals surface area (Å²) in [4.78, 5) is 45.2. The first-order valence-corrected chi connectivity index (χ1v) is 17.5. The van der Waals surface area contributed by atoms with E-state index in [4.69, 9.17) is 5.29 Å². The number of aromatic hydroxyl groups is 1.